The molecule has 0 bridgehead atoms. The van der Waals surface area contributed by atoms with Gasteiger partial charge in [-0.15, -0.1) is 0 Å². The van der Waals surface area contributed by atoms with Gasteiger partial charge in [0.25, 0.3) is 0 Å². The second-order valence-corrected chi connectivity index (χ2v) is 5.44. The number of oxazole rings is 1. The summed E-state index contributed by atoms with van der Waals surface area (Å²) in [4.78, 5) is 4.58. The van der Waals surface area contributed by atoms with Gasteiger partial charge < -0.3 is 9.73 Å². The van der Waals surface area contributed by atoms with Crippen LogP contribution in [0.1, 0.15) is 23.1 Å². The van der Waals surface area contributed by atoms with Crippen molar-refractivity contribution in [2.24, 2.45) is 0 Å². The Labute approximate surface area is 121 Å². The molecular formula is C16H13ClN2O. The number of nitrogens with one attached hydrogen (secondary N) is 1. The minimum atomic E-state index is 0.0196. The van der Waals surface area contributed by atoms with Crippen molar-refractivity contribution < 1.29 is 4.42 Å². The first-order valence-electron chi connectivity index (χ1n) is 6.68. The molecule has 3 aromatic rings. The molecule has 0 aliphatic carbocycles. The Balaban J connectivity index is 1.84. The largest absolute Gasteiger partial charge is 0.439 e. The number of nitrogens with zero attached hydrogens (tertiary/aromatic N) is 1. The summed E-state index contributed by atoms with van der Waals surface area (Å²) in [5, 5.41) is 4.15. The predicted octanol–water partition coefficient (Wildman–Crippen LogP) is 3.72. The van der Waals surface area contributed by atoms with Crippen molar-refractivity contribution in [2.75, 3.05) is 6.54 Å². The lowest BCUT2D eigenvalue weighted by Gasteiger charge is -2.24. The maximum Gasteiger partial charge on any atom is 0.217 e. The zero-order chi connectivity index (χ0) is 13.5. The van der Waals surface area contributed by atoms with Gasteiger partial charge in [-0.25, -0.2) is 4.98 Å². The first kappa shape index (κ1) is 11.9. The van der Waals surface area contributed by atoms with Crippen LogP contribution in [0.2, 0.25) is 5.02 Å². The highest BCUT2D eigenvalue weighted by atomic mass is 35.5. The molecule has 20 heavy (non-hydrogen) atoms. The molecule has 0 radical (unpaired) electrons. The van der Waals surface area contributed by atoms with Gasteiger partial charge in [0.05, 0.1) is 0 Å². The molecule has 0 fully saturated rings. The Bertz CT molecular complexity index is 781. The lowest BCUT2D eigenvalue weighted by Crippen LogP contribution is -2.30. The molecule has 1 aliphatic rings. The summed E-state index contributed by atoms with van der Waals surface area (Å²) in [5.74, 6) is 0.703. The van der Waals surface area contributed by atoms with Crippen LogP contribution in [-0.4, -0.2) is 11.5 Å². The standard InChI is InChI=1S/C16H13ClN2O/c17-11-5-6-14-13(9-11)19-16(20-14)15-12-4-2-1-3-10(12)7-8-18-15/h1-6,9,15,18H,7-8H2. The van der Waals surface area contributed by atoms with Gasteiger partial charge in [0.2, 0.25) is 5.89 Å². The number of benzene rings is 2. The first-order valence-corrected chi connectivity index (χ1v) is 7.06. The molecule has 1 unspecified atom stereocenters. The summed E-state index contributed by atoms with van der Waals surface area (Å²) in [6.45, 7) is 0.932. The van der Waals surface area contributed by atoms with E-state index in [0.29, 0.717) is 10.9 Å². The van der Waals surface area contributed by atoms with E-state index >= 15 is 0 Å². The molecule has 1 aromatic heterocycles. The molecule has 2 heterocycles. The summed E-state index contributed by atoms with van der Waals surface area (Å²) in [5.41, 5.74) is 4.18. The van der Waals surface area contributed by atoms with Crippen molar-refractivity contribution in [1.29, 1.82) is 0 Å². The minimum absolute atomic E-state index is 0.0196. The molecule has 1 aliphatic heterocycles. The van der Waals surface area contributed by atoms with E-state index in [1.165, 1.54) is 11.1 Å². The van der Waals surface area contributed by atoms with E-state index < -0.39 is 0 Å². The van der Waals surface area contributed by atoms with E-state index in [-0.39, 0.29) is 6.04 Å². The predicted molar refractivity (Wildman–Crippen MR) is 79.0 cm³/mol. The highest BCUT2D eigenvalue weighted by Crippen LogP contribution is 2.30. The van der Waals surface area contributed by atoms with E-state index in [0.717, 1.165) is 24.1 Å². The highest BCUT2D eigenvalue weighted by Gasteiger charge is 2.25. The van der Waals surface area contributed by atoms with Gasteiger partial charge in [-0.1, -0.05) is 35.9 Å². The minimum Gasteiger partial charge on any atom is -0.439 e. The van der Waals surface area contributed by atoms with Crippen LogP contribution in [0.3, 0.4) is 0 Å². The maximum atomic E-state index is 6.00. The number of halogens is 1. The van der Waals surface area contributed by atoms with Gasteiger partial charge in [0, 0.05) is 11.6 Å². The van der Waals surface area contributed by atoms with Crippen molar-refractivity contribution in [2.45, 2.75) is 12.5 Å². The first-order chi connectivity index (χ1) is 9.81. The van der Waals surface area contributed by atoms with Gasteiger partial charge in [-0.3, -0.25) is 0 Å². The maximum absolute atomic E-state index is 6.00. The van der Waals surface area contributed by atoms with Crippen LogP contribution in [0, 0.1) is 0 Å². The van der Waals surface area contributed by atoms with E-state index in [9.17, 15) is 0 Å². The molecule has 0 spiro atoms. The summed E-state index contributed by atoms with van der Waals surface area (Å²) in [6.07, 6.45) is 1.04. The fourth-order valence-corrected chi connectivity index (χ4v) is 2.93. The van der Waals surface area contributed by atoms with Gasteiger partial charge in [0.1, 0.15) is 11.6 Å². The molecule has 0 saturated carbocycles. The quantitative estimate of drug-likeness (QED) is 0.740. The zero-order valence-corrected chi connectivity index (χ0v) is 11.5. The molecule has 2 aromatic carbocycles. The van der Waals surface area contributed by atoms with Gasteiger partial charge in [-0.05, 0) is 35.7 Å². The van der Waals surface area contributed by atoms with Crippen molar-refractivity contribution in [3.05, 3.63) is 64.5 Å². The molecule has 1 atom stereocenters. The Morgan fingerprint density at radius 3 is 3.05 bits per heavy atom. The molecule has 4 rings (SSSR count). The third-order valence-corrected chi connectivity index (χ3v) is 3.96. The molecule has 4 heteroatoms. The fourth-order valence-electron chi connectivity index (χ4n) is 2.77. The molecule has 3 nitrogen and oxygen atoms in total. The topological polar surface area (TPSA) is 38.1 Å². The summed E-state index contributed by atoms with van der Waals surface area (Å²) in [6, 6.07) is 14.0. The average molecular weight is 285 g/mol. The van der Waals surface area contributed by atoms with Crippen LogP contribution < -0.4 is 5.32 Å². The van der Waals surface area contributed by atoms with Crippen molar-refractivity contribution in [3.63, 3.8) is 0 Å². The molecular weight excluding hydrogens is 272 g/mol. The zero-order valence-electron chi connectivity index (χ0n) is 10.8. The van der Waals surface area contributed by atoms with E-state index in [1.54, 1.807) is 0 Å². The SMILES string of the molecule is Clc1ccc2oc(C3NCCc4ccccc43)nc2c1. The van der Waals surface area contributed by atoms with Crippen LogP contribution in [0.25, 0.3) is 11.1 Å². The van der Waals surface area contributed by atoms with Crippen LogP contribution >= 0.6 is 11.6 Å². The summed E-state index contributed by atoms with van der Waals surface area (Å²) >= 11 is 6.00. The van der Waals surface area contributed by atoms with Crippen LogP contribution in [-0.2, 0) is 6.42 Å². The molecule has 0 saturated heterocycles. The molecule has 100 valence electrons. The smallest absolute Gasteiger partial charge is 0.217 e. The Morgan fingerprint density at radius 1 is 1.20 bits per heavy atom. The Hall–Kier alpha value is -1.84. The summed E-state index contributed by atoms with van der Waals surface area (Å²) in [7, 11) is 0. The van der Waals surface area contributed by atoms with Crippen LogP contribution in [0.4, 0.5) is 0 Å². The molecule has 1 N–H and O–H groups in total. The van der Waals surface area contributed by atoms with Crippen molar-refractivity contribution >= 4 is 22.7 Å². The average Bonchev–Trinajstić information content (AvgIpc) is 2.89. The molecule has 0 amide bonds. The van der Waals surface area contributed by atoms with E-state index in [4.69, 9.17) is 16.0 Å². The normalized spacial score (nSPS) is 18.1. The van der Waals surface area contributed by atoms with Gasteiger partial charge >= 0.3 is 0 Å². The summed E-state index contributed by atoms with van der Waals surface area (Å²) < 4.78 is 5.89. The second kappa shape index (κ2) is 4.62. The van der Waals surface area contributed by atoms with Crippen LogP contribution in [0.5, 0.6) is 0 Å². The van der Waals surface area contributed by atoms with Crippen molar-refractivity contribution in [1.82, 2.24) is 10.3 Å². The third kappa shape index (κ3) is 1.90. The van der Waals surface area contributed by atoms with Gasteiger partial charge in [0.15, 0.2) is 5.58 Å². The second-order valence-electron chi connectivity index (χ2n) is 5.00. The van der Waals surface area contributed by atoms with E-state index in [2.05, 4.69) is 34.6 Å². The van der Waals surface area contributed by atoms with Gasteiger partial charge in [-0.2, -0.15) is 0 Å². The third-order valence-electron chi connectivity index (χ3n) is 3.72. The van der Waals surface area contributed by atoms with Crippen molar-refractivity contribution in [3.8, 4) is 0 Å². The van der Waals surface area contributed by atoms with E-state index in [1.807, 2.05) is 18.2 Å². The van der Waals surface area contributed by atoms with Crippen LogP contribution in [0.15, 0.2) is 46.9 Å². The number of hydrogen-bond donors (Lipinski definition) is 1. The lowest BCUT2D eigenvalue weighted by atomic mass is 9.94. The number of rotatable bonds is 1. The number of fused-ring (bicyclic) bond motifs is 2. The number of hydrogen-bond acceptors (Lipinski definition) is 3. The Morgan fingerprint density at radius 2 is 2.10 bits per heavy atom. The Kier molecular flexibility index (Phi) is 2.76. The fraction of sp³-hybridized carbons (Fsp3) is 0.188. The monoisotopic (exact) mass is 284 g/mol. The number of aromatic nitrogens is 1. The lowest BCUT2D eigenvalue weighted by molar-refractivity contribution is 0.439. The highest BCUT2D eigenvalue weighted by molar-refractivity contribution is 6.31.